The lowest BCUT2D eigenvalue weighted by atomic mass is 10.1. The number of hydrogen-bond donors (Lipinski definition) is 3. The van der Waals surface area contributed by atoms with E-state index in [4.69, 9.17) is 15.9 Å². The molecule has 9 heavy (non-hydrogen) atoms. The Morgan fingerprint density at radius 1 is 1.44 bits per heavy atom. The molecule has 0 amide bonds. The van der Waals surface area contributed by atoms with Crippen molar-refractivity contribution in [1.82, 2.24) is 0 Å². The molecule has 0 heterocycles. The summed E-state index contributed by atoms with van der Waals surface area (Å²) in [6, 6.07) is -0.127. The first-order valence-electron chi connectivity index (χ1n) is 2.38. The highest BCUT2D eigenvalue weighted by Crippen LogP contribution is 2.11. The molecule has 0 aromatic heterocycles. The molecular formula is C6H10NO2. The Bertz CT molecular complexity index is 120. The van der Waals surface area contributed by atoms with E-state index in [1.54, 1.807) is 0 Å². The Balaban J connectivity index is 4.11. The van der Waals surface area contributed by atoms with Crippen molar-refractivity contribution in [3.8, 4) is 0 Å². The van der Waals surface area contributed by atoms with E-state index in [9.17, 15) is 0 Å². The summed E-state index contributed by atoms with van der Waals surface area (Å²) >= 11 is 0. The van der Waals surface area contributed by atoms with Gasteiger partial charge >= 0.3 is 0 Å². The molecule has 0 saturated carbocycles. The van der Waals surface area contributed by atoms with Gasteiger partial charge in [-0.15, -0.1) is 6.58 Å². The van der Waals surface area contributed by atoms with Crippen LogP contribution in [0.3, 0.4) is 0 Å². The molecule has 0 aliphatic carbocycles. The Hall–Kier alpha value is -0.640. The van der Waals surface area contributed by atoms with Gasteiger partial charge in [0.2, 0.25) is 5.79 Å². The Labute approximate surface area is 54.1 Å². The molecule has 4 N–H and O–H groups in total. The Kier molecular flexibility index (Phi) is 2.58. The lowest BCUT2D eigenvalue weighted by Crippen LogP contribution is -2.37. The average molecular weight is 128 g/mol. The van der Waals surface area contributed by atoms with Crippen molar-refractivity contribution in [2.75, 3.05) is 0 Å². The van der Waals surface area contributed by atoms with Gasteiger partial charge in [0.25, 0.3) is 0 Å². The zero-order valence-corrected chi connectivity index (χ0v) is 5.04. The van der Waals surface area contributed by atoms with Crippen LogP contribution in [0.25, 0.3) is 0 Å². The van der Waals surface area contributed by atoms with Crippen LogP contribution < -0.4 is 5.73 Å². The summed E-state index contributed by atoms with van der Waals surface area (Å²) in [5.74, 6) is -2.11. The predicted molar refractivity (Wildman–Crippen MR) is 35.0 cm³/mol. The molecule has 0 aromatic rings. The highest BCUT2D eigenvalue weighted by atomic mass is 16.5. The minimum atomic E-state index is -2.11. The van der Waals surface area contributed by atoms with E-state index in [-0.39, 0.29) is 6.04 Å². The van der Waals surface area contributed by atoms with Crippen LogP contribution in [0.4, 0.5) is 0 Å². The van der Waals surface area contributed by atoms with Gasteiger partial charge in [-0.2, -0.15) is 0 Å². The van der Waals surface area contributed by atoms with Crippen LogP contribution in [0.5, 0.6) is 0 Å². The minimum Gasteiger partial charge on any atom is -0.361 e. The maximum absolute atomic E-state index is 8.80. The fourth-order valence-corrected chi connectivity index (χ4v) is 0.268. The summed E-state index contributed by atoms with van der Waals surface area (Å²) in [5, 5.41) is 17.6. The minimum absolute atomic E-state index is 0.127. The van der Waals surface area contributed by atoms with E-state index in [2.05, 4.69) is 13.2 Å². The summed E-state index contributed by atoms with van der Waals surface area (Å²) in [5.41, 5.74) is 5.09. The van der Waals surface area contributed by atoms with Gasteiger partial charge in [-0.1, -0.05) is 12.7 Å². The summed E-state index contributed by atoms with van der Waals surface area (Å²) < 4.78 is 0. The largest absolute Gasteiger partial charge is 0.361 e. The molecule has 0 fully saturated rings. The van der Waals surface area contributed by atoms with E-state index >= 15 is 0 Å². The molecule has 51 valence electrons. The van der Waals surface area contributed by atoms with Crippen LogP contribution >= 0.6 is 0 Å². The SMILES string of the molecule is C=C[C](N)C(O)(O)C=C. The highest BCUT2D eigenvalue weighted by Gasteiger charge is 2.25. The van der Waals surface area contributed by atoms with Crippen molar-refractivity contribution >= 4 is 0 Å². The van der Waals surface area contributed by atoms with Gasteiger partial charge in [0.1, 0.15) is 6.04 Å². The second-order valence-electron chi connectivity index (χ2n) is 1.59. The first-order valence-corrected chi connectivity index (χ1v) is 2.38. The summed E-state index contributed by atoms with van der Waals surface area (Å²) in [7, 11) is 0. The van der Waals surface area contributed by atoms with E-state index < -0.39 is 5.79 Å². The molecule has 0 atom stereocenters. The lowest BCUT2D eigenvalue weighted by Gasteiger charge is -2.20. The van der Waals surface area contributed by atoms with Crippen LogP contribution in [0, 0.1) is 6.04 Å². The van der Waals surface area contributed by atoms with Crippen molar-refractivity contribution in [1.29, 1.82) is 0 Å². The first kappa shape index (κ1) is 8.36. The summed E-state index contributed by atoms with van der Waals surface area (Å²) in [4.78, 5) is 0. The molecule has 1 radical (unpaired) electrons. The van der Waals surface area contributed by atoms with Gasteiger partial charge in [-0.05, 0) is 6.08 Å². The molecule has 3 heteroatoms. The Morgan fingerprint density at radius 3 is 2.00 bits per heavy atom. The van der Waals surface area contributed by atoms with E-state index in [0.717, 1.165) is 12.2 Å². The van der Waals surface area contributed by atoms with Crippen molar-refractivity contribution in [2.45, 2.75) is 5.79 Å². The normalized spacial score (nSPS) is 11.6. The molecule has 0 bridgehead atoms. The fourth-order valence-electron chi connectivity index (χ4n) is 0.268. The second kappa shape index (κ2) is 2.77. The Morgan fingerprint density at radius 2 is 1.89 bits per heavy atom. The quantitative estimate of drug-likeness (QED) is 0.355. The van der Waals surface area contributed by atoms with Crippen molar-refractivity contribution < 1.29 is 10.2 Å². The highest BCUT2D eigenvalue weighted by molar-refractivity contribution is 5.16. The second-order valence-corrected chi connectivity index (χ2v) is 1.59. The van der Waals surface area contributed by atoms with Gasteiger partial charge < -0.3 is 15.9 Å². The fraction of sp³-hybridized carbons (Fsp3) is 0.167. The monoisotopic (exact) mass is 128 g/mol. The molecule has 0 aliphatic rings. The molecule has 0 aromatic carbocycles. The smallest absolute Gasteiger partial charge is 0.207 e. The van der Waals surface area contributed by atoms with E-state index in [1.807, 2.05) is 0 Å². The number of nitrogens with two attached hydrogens (primary N) is 1. The van der Waals surface area contributed by atoms with Crippen LogP contribution in [-0.2, 0) is 0 Å². The van der Waals surface area contributed by atoms with Crippen molar-refractivity contribution in [3.63, 3.8) is 0 Å². The van der Waals surface area contributed by atoms with Crippen molar-refractivity contribution in [2.24, 2.45) is 5.73 Å². The zero-order valence-electron chi connectivity index (χ0n) is 5.04. The maximum atomic E-state index is 8.80. The summed E-state index contributed by atoms with van der Waals surface area (Å²) in [6.45, 7) is 6.40. The standard InChI is InChI=1S/C6H10NO2/c1-3-5(7)6(8,9)4-2/h3-4,8-9H,1-2,7H2. The van der Waals surface area contributed by atoms with Gasteiger partial charge in [0.05, 0.1) is 0 Å². The van der Waals surface area contributed by atoms with Gasteiger partial charge in [-0.25, -0.2) is 0 Å². The zero-order chi connectivity index (χ0) is 7.49. The number of rotatable bonds is 3. The third kappa shape index (κ3) is 1.97. The first-order chi connectivity index (χ1) is 4.04. The topological polar surface area (TPSA) is 66.5 Å². The van der Waals surface area contributed by atoms with Crippen LogP contribution in [0.15, 0.2) is 25.3 Å². The van der Waals surface area contributed by atoms with Crippen LogP contribution in [-0.4, -0.2) is 16.0 Å². The van der Waals surface area contributed by atoms with Crippen molar-refractivity contribution in [3.05, 3.63) is 31.4 Å². The van der Waals surface area contributed by atoms with E-state index in [0.29, 0.717) is 0 Å². The predicted octanol–water partition coefficient (Wildman–Crippen LogP) is -0.470. The van der Waals surface area contributed by atoms with Gasteiger partial charge in [0.15, 0.2) is 0 Å². The molecular weight excluding hydrogens is 118 g/mol. The lowest BCUT2D eigenvalue weighted by molar-refractivity contribution is -0.0992. The number of hydrogen-bond acceptors (Lipinski definition) is 3. The summed E-state index contributed by atoms with van der Waals surface area (Å²) in [6.07, 6.45) is 2.08. The van der Waals surface area contributed by atoms with Gasteiger partial charge in [-0.3, -0.25) is 0 Å². The molecule has 3 nitrogen and oxygen atoms in total. The third-order valence-corrected chi connectivity index (χ3v) is 0.929. The molecule has 0 saturated heterocycles. The van der Waals surface area contributed by atoms with Crippen LogP contribution in [0.2, 0.25) is 0 Å². The molecule has 0 rings (SSSR count). The average Bonchev–Trinajstić information content (AvgIpc) is 1.86. The van der Waals surface area contributed by atoms with Gasteiger partial charge in [0, 0.05) is 0 Å². The molecule has 0 aliphatic heterocycles. The van der Waals surface area contributed by atoms with E-state index in [1.165, 1.54) is 0 Å². The third-order valence-electron chi connectivity index (χ3n) is 0.929. The molecule has 0 spiro atoms. The maximum Gasteiger partial charge on any atom is 0.207 e. The number of aliphatic hydroxyl groups is 2. The van der Waals surface area contributed by atoms with Crippen LogP contribution in [0.1, 0.15) is 0 Å². The molecule has 0 unspecified atom stereocenters.